The molecule has 3 nitrogen and oxygen atoms in total. The Kier molecular flexibility index (Phi) is 4.52. The molecular formula is C15H12ClFN2OS2. The molecule has 0 saturated carbocycles. The van der Waals surface area contributed by atoms with Crippen LogP contribution in [0.4, 0.5) is 4.39 Å². The van der Waals surface area contributed by atoms with Crippen molar-refractivity contribution in [3.8, 4) is 11.1 Å². The maximum absolute atomic E-state index is 12.4. The number of hydrogen-bond donors (Lipinski definition) is 1. The Hall–Kier alpha value is -1.37. The fraction of sp³-hybridized carbons (Fsp3) is 0.200. The fourth-order valence-corrected chi connectivity index (χ4v) is 4.09. The predicted octanol–water partition coefficient (Wildman–Crippen LogP) is 4.68. The van der Waals surface area contributed by atoms with Crippen LogP contribution in [0, 0.1) is 6.92 Å². The highest BCUT2D eigenvalue weighted by molar-refractivity contribution is 7.99. The smallest absolute Gasteiger partial charge is 0.260 e. The number of nitrogens with zero attached hydrogens (tertiary/aromatic N) is 1. The third-order valence-corrected chi connectivity index (χ3v) is 5.24. The summed E-state index contributed by atoms with van der Waals surface area (Å²) in [5.74, 6) is 0.281. The van der Waals surface area contributed by atoms with E-state index in [2.05, 4.69) is 9.97 Å². The van der Waals surface area contributed by atoms with Crippen LogP contribution in [0.25, 0.3) is 21.3 Å². The number of alkyl halides is 1. The Balaban J connectivity index is 2.17. The quantitative estimate of drug-likeness (QED) is 0.546. The summed E-state index contributed by atoms with van der Waals surface area (Å²) >= 11 is 8.60. The molecule has 22 heavy (non-hydrogen) atoms. The van der Waals surface area contributed by atoms with E-state index in [1.807, 2.05) is 19.1 Å². The number of nitrogens with one attached hydrogen (secondary N) is 1. The lowest BCUT2D eigenvalue weighted by molar-refractivity contribution is 0.532. The summed E-state index contributed by atoms with van der Waals surface area (Å²) in [6.07, 6.45) is 0. The lowest BCUT2D eigenvalue weighted by atomic mass is 10.0. The number of benzene rings is 1. The molecular weight excluding hydrogens is 343 g/mol. The number of fused-ring (bicyclic) bond motifs is 1. The summed E-state index contributed by atoms with van der Waals surface area (Å²) in [7, 11) is 0. The van der Waals surface area contributed by atoms with E-state index in [-0.39, 0.29) is 11.3 Å². The van der Waals surface area contributed by atoms with Crippen LogP contribution in [0.5, 0.6) is 0 Å². The highest BCUT2D eigenvalue weighted by Crippen LogP contribution is 2.36. The normalized spacial score (nSPS) is 11.2. The summed E-state index contributed by atoms with van der Waals surface area (Å²) in [5.41, 5.74) is 1.62. The number of thioether (sulfide) groups is 1. The van der Waals surface area contributed by atoms with Crippen LogP contribution in [-0.4, -0.2) is 22.4 Å². The number of thiophene rings is 1. The molecule has 2 aromatic heterocycles. The minimum atomic E-state index is -0.452. The van der Waals surface area contributed by atoms with Gasteiger partial charge in [0.2, 0.25) is 0 Å². The first kappa shape index (κ1) is 15.5. The molecule has 114 valence electrons. The van der Waals surface area contributed by atoms with Gasteiger partial charge >= 0.3 is 0 Å². The van der Waals surface area contributed by atoms with E-state index in [0.717, 1.165) is 16.0 Å². The molecule has 3 rings (SSSR count). The van der Waals surface area contributed by atoms with Crippen LogP contribution in [0.1, 0.15) is 4.88 Å². The van der Waals surface area contributed by atoms with Crippen molar-refractivity contribution in [3.05, 3.63) is 44.5 Å². The van der Waals surface area contributed by atoms with Gasteiger partial charge in [-0.3, -0.25) is 9.18 Å². The van der Waals surface area contributed by atoms with Gasteiger partial charge in [-0.15, -0.1) is 11.3 Å². The first-order chi connectivity index (χ1) is 10.6. The van der Waals surface area contributed by atoms with Crippen LogP contribution in [-0.2, 0) is 0 Å². The lowest BCUT2D eigenvalue weighted by Gasteiger charge is -2.02. The molecule has 0 aliphatic heterocycles. The van der Waals surface area contributed by atoms with Crippen molar-refractivity contribution in [1.29, 1.82) is 0 Å². The molecule has 0 spiro atoms. The molecule has 1 aromatic carbocycles. The standard InChI is InChI=1S/C15H12ClFN2OS2/c1-8-11(9-2-4-10(16)5-3-9)12-13(20)18-15(21-7-6-17)19-14(12)22-8/h2-5H,6-7H2,1H3,(H,18,19,20). The largest absolute Gasteiger partial charge is 0.301 e. The Morgan fingerprint density at radius 3 is 2.77 bits per heavy atom. The monoisotopic (exact) mass is 354 g/mol. The number of hydrogen-bond acceptors (Lipinski definition) is 4. The molecule has 0 fully saturated rings. The van der Waals surface area contributed by atoms with Gasteiger partial charge in [0.05, 0.1) is 12.1 Å². The summed E-state index contributed by atoms with van der Waals surface area (Å²) in [4.78, 5) is 21.3. The second kappa shape index (κ2) is 6.40. The van der Waals surface area contributed by atoms with Crippen molar-refractivity contribution in [2.75, 3.05) is 12.4 Å². The van der Waals surface area contributed by atoms with Gasteiger partial charge in [0.1, 0.15) is 4.83 Å². The van der Waals surface area contributed by atoms with Crippen molar-refractivity contribution < 1.29 is 4.39 Å². The zero-order chi connectivity index (χ0) is 15.7. The molecule has 2 heterocycles. The number of aromatic nitrogens is 2. The molecule has 0 aliphatic rings. The van der Waals surface area contributed by atoms with Gasteiger partial charge in [-0.2, -0.15) is 0 Å². The third kappa shape index (κ3) is 2.91. The predicted molar refractivity (Wildman–Crippen MR) is 92.1 cm³/mol. The van der Waals surface area contributed by atoms with E-state index in [4.69, 9.17) is 11.6 Å². The minimum absolute atomic E-state index is 0.194. The Morgan fingerprint density at radius 2 is 2.09 bits per heavy atom. The van der Waals surface area contributed by atoms with E-state index in [0.29, 0.717) is 20.4 Å². The average molecular weight is 355 g/mol. The highest BCUT2D eigenvalue weighted by atomic mass is 35.5. The molecule has 0 atom stereocenters. The van der Waals surface area contributed by atoms with E-state index in [1.165, 1.54) is 23.1 Å². The summed E-state index contributed by atoms with van der Waals surface area (Å²) < 4.78 is 12.3. The van der Waals surface area contributed by atoms with E-state index >= 15 is 0 Å². The van der Waals surface area contributed by atoms with Crippen molar-refractivity contribution in [2.45, 2.75) is 12.1 Å². The van der Waals surface area contributed by atoms with Crippen LogP contribution in [0.2, 0.25) is 5.02 Å². The number of halogens is 2. The first-order valence-electron chi connectivity index (χ1n) is 6.58. The molecule has 0 radical (unpaired) electrons. The number of aryl methyl sites for hydroxylation is 1. The van der Waals surface area contributed by atoms with Gasteiger partial charge in [0, 0.05) is 21.2 Å². The maximum atomic E-state index is 12.4. The maximum Gasteiger partial charge on any atom is 0.260 e. The number of aromatic amines is 1. The van der Waals surface area contributed by atoms with Crippen LogP contribution < -0.4 is 5.56 Å². The number of H-pyrrole nitrogens is 1. The molecule has 3 aromatic rings. The molecule has 1 N–H and O–H groups in total. The van der Waals surface area contributed by atoms with Crippen LogP contribution in [0.15, 0.2) is 34.2 Å². The topological polar surface area (TPSA) is 45.8 Å². The van der Waals surface area contributed by atoms with Gasteiger partial charge in [-0.1, -0.05) is 35.5 Å². The summed E-state index contributed by atoms with van der Waals surface area (Å²) in [6, 6.07) is 7.38. The van der Waals surface area contributed by atoms with Crippen molar-refractivity contribution in [2.24, 2.45) is 0 Å². The molecule has 0 unspecified atom stereocenters. The van der Waals surface area contributed by atoms with Gasteiger partial charge in [-0.25, -0.2) is 4.98 Å². The first-order valence-corrected chi connectivity index (χ1v) is 8.76. The van der Waals surface area contributed by atoms with Gasteiger partial charge in [0.25, 0.3) is 5.56 Å². The van der Waals surface area contributed by atoms with Crippen LogP contribution >= 0.6 is 34.7 Å². The van der Waals surface area contributed by atoms with Crippen molar-refractivity contribution >= 4 is 44.9 Å². The SMILES string of the molecule is Cc1sc2nc(SCCF)[nH]c(=O)c2c1-c1ccc(Cl)cc1. The average Bonchev–Trinajstić information content (AvgIpc) is 2.82. The second-order valence-corrected chi connectivity index (χ2v) is 7.35. The van der Waals surface area contributed by atoms with Gasteiger partial charge in [-0.05, 0) is 24.6 Å². The molecule has 0 bridgehead atoms. The van der Waals surface area contributed by atoms with E-state index in [1.54, 1.807) is 12.1 Å². The Labute approximate surface area is 139 Å². The van der Waals surface area contributed by atoms with E-state index in [9.17, 15) is 9.18 Å². The minimum Gasteiger partial charge on any atom is -0.301 e. The van der Waals surface area contributed by atoms with Crippen LogP contribution in [0.3, 0.4) is 0 Å². The zero-order valence-corrected chi connectivity index (χ0v) is 14.0. The van der Waals surface area contributed by atoms with Gasteiger partial charge < -0.3 is 4.98 Å². The summed E-state index contributed by atoms with van der Waals surface area (Å²) in [5, 5.41) is 1.69. The highest BCUT2D eigenvalue weighted by Gasteiger charge is 2.16. The van der Waals surface area contributed by atoms with E-state index < -0.39 is 6.67 Å². The molecule has 0 aliphatic carbocycles. The molecule has 0 amide bonds. The van der Waals surface area contributed by atoms with Crippen molar-refractivity contribution in [1.82, 2.24) is 9.97 Å². The lowest BCUT2D eigenvalue weighted by Crippen LogP contribution is -2.09. The Bertz CT molecular complexity index is 874. The fourth-order valence-electron chi connectivity index (χ4n) is 2.27. The molecule has 0 saturated heterocycles. The molecule has 7 heteroatoms. The third-order valence-electron chi connectivity index (χ3n) is 3.17. The summed E-state index contributed by atoms with van der Waals surface area (Å²) in [6.45, 7) is 1.51. The van der Waals surface area contributed by atoms with Crippen molar-refractivity contribution in [3.63, 3.8) is 0 Å². The number of rotatable bonds is 4. The Morgan fingerprint density at radius 1 is 1.36 bits per heavy atom. The van der Waals surface area contributed by atoms with Gasteiger partial charge in [0.15, 0.2) is 5.16 Å². The second-order valence-electron chi connectivity index (χ2n) is 4.63. The zero-order valence-electron chi connectivity index (χ0n) is 11.7.